The van der Waals surface area contributed by atoms with Gasteiger partial charge in [-0.05, 0) is 54.8 Å². The highest BCUT2D eigenvalue weighted by Crippen LogP contribution is 2.41. The number of ether oxygens (including phenoxy) is 1. The number of benzene rings is 2. The fourth-order valence-electron chi connectivity index (χ4n) is 4.11. The summed E-state index contributed by atoms with van der Waals surface area (Å²) in [6, 6.07) is 13.2. The van der Waals surface area contributed by atoms with E-state index in [0.29, 0.717) is 23.8 Å². The summed E-state index contributed by atoms with van der Waals surface area (Å²) in [7, 11) is 1.61. The van der Waals surface area contributed by atoms with E-state index < -0.39 is 11.0 Å². The third kappa shape index (κ3) is 3.24. The van der Waals surface area contributed by atoms with Crippen LogP contribution in [0.4, 0.5) is 11.6 Å². The topological polar surface area (TPSA) is 112 Å². The molecule has 5 rings (SSSR count). The first-order valence-corrected chi connectivity index (χ1v) is 9.94. The Hall–Kier alpha value is -4.01. The van der Waals surface area contributed by atoms with Gasteiger partial charge in [0, 0.05) is 35.4 Å². The quantitative estimate of drug-likeness (QED) is 0.506. The molecule has 0 radical (unpaired) electrons. The zero-order chi connectivity index (χ0) is 21.5. The van der Waals surface area contributed by atoms with E-state index in [-0.39, 0.29) is 11.5 Å². The number of allylic oxidation sites excluding steroid dienone is 2. The van der Waals surface area contributed by atoms with Gasteiger partial charge in [0.2, 0.25) is 5.95 Å². The molecule has 1 aliphatic heterocycles. The molecule has 1 unspecified atom stereocenters. The molecule has 2 heterocycles. The maximum absolute atomic E-state index is 12.9. The molecule has 2 aliphatic rings. The minimum Gasteiger partial charge on any atom is -0.497 e. The number of nitrogens with one attached hydrogen (secondary N) is 1. The average Bonchev–Trinajstić information content (AvgIpc) is 3.21. The highest BCUT2D eigenvalue weighted by molar-refractivity contribution is 5.99. The molecule has 0 bridgehead atoms. The van der Waals surface area contributed by atoms with Crippen molar-refractivity contribution >= 4 is 17.4 Å². The number of carbonyl (C=O) groups excluding carboxylic acids is 1. The third-order valence-corrected chi connectivity index (χ3v) is 5.64. The molecule has 31 heavy (non-hydrogen) atoms. The Labute approximate surface area is 177 Å². The van der Waals surface area contributed by atoms with Gasteiger partial charge in [0.15, 0.2) is 11.6 Å². The molecule has 1 N–H and O–H groups in total. The molecular formula is C22H19N5O4. The molecule has 0 spiro atoms. The zero-order valence-electron chi connectivity index (χ0n) is 16.7. The molecular weight excluding hydrogens is 398 g/mol. The number of fused-ring (bicyclic) bond motifs is 1. The van der Waals surface area contributed by atoms with Gasteiger partial charge in [-0.15, -0.1) is 5.10 Å². The van der Waals surface area contributed by atoms with Gasteiger partial charge >= 0.3 is 0 Å². The molecule has 1 atom stereocenters. The summed E-state index contributed by atoms with van der Waals surface area (Å²) in [6.45, 7) is 0. The number of non-ortho nitro benzene ring substituents is 1. The van der Waals surface area contributed by atoms with Crippen molar-refractivity contribution in [3.05, 3.63) is 75.5 Å². The van der Waals surface area contributed by atoms with Crippen molar-refractivity contribution in [2.45, 2.75) is 25.3 Å². The van der Waals surface area contributed by atoms with E-state index in [0.717, 1.165) is 35.4 Å². The largest absolute Gasteiger partial charge is 0.497 e. The third-order valence-electron chi connectivity index (χ3n) is 5.64. The van der Waals surface area contributed by atoms with Crippen LogP contribution in [0.15, 0.2) is 59.8 Å². The predicted octanol–water partition coefficient (Wildman–Crippen LogP) is 3.88. The van der Waals surface area contributed by atoms with Crippen LogP contribution in [-0.4, -0.2) is 32.6 Å². The molecule has 2 aromatic carbocycles. The monoisotopic (exact) mass is 417 g/mol. The lowest BCUT2D eigenvalue weighted by Gasteiger charge is -2.32. The second-order valence-electron chi connectivity index (χ2n) is 7.48. The Morgan fingerprint density at radius 2 is 1.87 bits per heavy atom. The fraction of sp³-hybridized carbons (Fsp3) is 0.227. The second kappa shape index (κ2) is 7.35. The first-order valence-electron chi connectivity index (χ1n) is 9.94. The van der Waals surface area contributed by atoms with Crippen molar-refractivity contribution < 1.29 is 14.5 Å². The number of methoxy groups -OCH3 is 1. The van der Waals surface area contributed by atoms with Gasteiger partial charge in [-0.1, -0.05) is 0 Å². The highest BCUT2D eigenvalue weighted by atomic mass is 16.6. The van der Waals surface area contributed by atoms with Gasteiger partial charge < -0.3 is 10.1 Å². The summed E-state index contributed by atoms with van der Waals surface area (Å²) in [5.41, 5.74) is 3.07. The van der Waals surface area contributed by atoms with E-state index in [1.54, 1.807) is 23.9 Å². The standard InChI is InChI=1S/C22H19N5O4/c1-31-16-11-7-14(8-12-16)21-24-22-23-17-3-2-4-18(28)19(17)20(26(22)25-21)13-5-9-15(10-6-13)27(29)30/h5-12,20H,2-4H2,1H3,(H,23,24,25). The van der Waals surface area contributed by atoms with E-state index in [2.05, 4.69) is 10.3 Å². The molecule has 1 aromatic heterocycles. The number of aromatic nitrogens is 3. The number of ketones is 1. The Kier molecular flexibility index (Phi) is 4.50. The summed E-state index contributed by atoms with van der Waals surface area (Å²) in [5.74, 6) is 1.86. The number of nitrogens with zero attached hydrogens (tertiary/aromatic N) is 4. The van der Waals surface area contributed by atoms with Crippen LogP contribution in [0.2, 0.25) is 0 Å². The van der Waals surface area contributed by atoms with E-state index in [1.165, 1.54) is 12.1 Å². The smallest absolute Gasteiger partial charge is 0.269 e. The van der Waals surface area contributed by atoms with E-state index >= 15 is 0 Å². The number of hydrogen-bond donors (Lipinski definition) is 1. The number of nitro groups is 1. The van der Waals surface area contributed by atoms with Gasteiger partial charge in [0.05, 0.1) is 12.0 Å². The Bertz CT molecular complexity index is 1210. The lowest BCUT2D eigenvalue weighted by atomic mass is 9.85. The van der Waals surface area contributed by atoms with E-state index in [1.807, 2.05) is 24.3 Å². The molecule has 3 aromatic rings. The highest BCUT2D eigenvalue weighted by Gasteiger charge is 2.37. The normalized spacial score (nSPS) is 17.6. The second-order valence-corrected chi connectivity index (χ2v) is 7.48. The number of carbonyl (C=O) groups is 1. The minimum absolute atomic E-state index is 0.000376. The molecule has 156 valence electrons. The number of rotatable bonds is 4. The van der Waals surface area contributed by atoms with Crippen LogP contribution in [-0.2, 0) is 4.79 Å². The number of hydrogen-bond acceptors (Lipinski definition) is 7. The van der Waals surface area contributed by atoms with Crippen LogP contribution in [0, 0.1) is 10.1 Å². The summed E-state index contributed by atoms with van der Waals surface area (Å²) in [4.78, 5) is 28.2. The number of nitro benzene ring substituents is 1. The molecule has 9 heteroatoms. The summed E-state index contributed by atoms with van der Waals surface area (Å²) in [6.07, 6.45) is 1.99. The van der Waals surface area contributed by atoms with Crippen molar-refractivity contribution in [1.82, 2.24) is 14.8 Å². The molecule has 0 fully saturated rings. The van der Waals surface area contributed by atoms with Gasteiger partial charge in [-0.25, -0.2) is 4.68 Å². The average molecular weight is 417 g/mol. The Morgan fingerprint density at radius 3 is 2.55 bits per heavy atom. The van der Waals surface area contributed by atoms with Gasteiger partial charge in [0.1, 0.15) is 11.8 Å². The maximum Gasteiger partial charge on any atom is 0.269 e. The van der Waals surface area contributed by atoms with Crippen molar-refractivity contribution in [2.75, 3.05) is 12.4 Å². The van der Waals surface area contributed by atoms with Crippen LogP contribution >= 0.6 is 0 Å². The van der Waals surface area contributed by atoms with Gasteiger partial charge in [0.25, 0.3) is 5.69 Å². The van der Waals surface area contributed by atoms with Crippen LogP contribution in [0.5, 0.6) is 5.75 Å². The summed E-state index contributed by atoms with van der Waals surface area (Å²) < 4.78 is 6.91. The van der Waals surface area contributed by atoms with Crippen molar-refractivity contribution in [3.8, 4) is 17.1 Å². The van der Waals surface area contributed by atoms with Gasteiger partial charge in [-0.3, -0.25) is 14.9 Å². The SMILES string of the molecule is COc1ccc(-c2nc3n(n2)C(c2ccc([N+](=O)[O-])cc2)C2=C(CCCC2=O)N3)cc1. The molecule has 0 saturated heterocycles. The minimum atomic E-state index is -0.487. The first kappa shape index (κ1) is 19.0. The van der Waals surface area contributed by atoms with Crippen LogP contribution in [0.1, 0.15) is 30.9 Å². The maximum atomic E-state index is 12.9. The number of Topliss-reactive ketones (excluding diaryl/α,β-unsaturated/α-hetero) is 1. The van der Waals surface area contributed by atoms with Crippen LogP contribution in [0.3, 0.4) is 0 Å². The van der Waals surface area contributed by atoms with Crippen LogP contribution < -0.4 is 10.1 Å². The van der Waals surface area contributed by atoms with E-state index in [4.69, 9.17) is 9.84 Å². The van der Waals surface area contributed by atoms with Crippen LogP contribution in [0.25, 0.3) is 11.4 Å². The van der Waals surface area contributed by atoms with Gasteiger partial charge in [-0.2, -0.15) is 4.98 Å². The summed E-state index contributed by atoms with van der Waals surface area (Å²) >= 11 is 0. The fourth-order valence-corrected chi connectivity index (χ4v) is 4.11. The lowest BCUT2D eigenvalue weighted by molar-refractivity contribution is -0.384. The van der Waals surface area contributed by atoms with Crippen molar-refractivity contribution in [1.29, 1.82) is 0 Å². The van der Waals surface area contributed by atoms with Crippen molar-refractivity contribution in [3.63, 3.8) is 0 Å². The van der Waals surface area contributed by atoms with E-state index in [9.17, 15) is 14.9 Å². The molecule has 0 saturated carbocycles. The Balaban J connectivity index is 1.62. The first-order chi connectivity index (χ1) is 15.0. The molecule has 0 amide bonds. The number of anilines is 1. The Morgan fingerprint density at radius 1 is 1.13 bits per heavy atom. The van der Waals surface area contributed by atoms with Crippen molar-refractivity contribution in [2.24, 2.45) is 0 Å². The molecule has 9 nitrogen and oxygen atoms in total. The predicted molar refractivity (Wildman–Crippen MR) is 113 cm³/mol. The molecule has 1 aliphatic carbocycles. The zero-order valence-corrected chi connectivity index (χ0v) is 16.7. The lowest BCUT2D eigenvalue weighted by Crippen LogP contribution is -2.31. The summed E-state index contributed by atoms with van der Waals surface area (Å²) in [5, 5.41) is 19.1.